The van der Waals surface area contributed by atoms with Crippen LogP contribution in [0, 0.1) is 0 Å². The molecule has 192 valence electrons. The maximum Gasteiger partial charge on any atom is 0.459 e. The summed E-state index contributed by atoms with van der Waals surface area (Å²) in [6.45, 7) is 0.791. The average Bonchev–Trinajstić information content (AvgIpc) is 3.11. The monoisotopic (exact) mass is 538 g/mol. The number of benzene rings is 2. The van der Waals surface area contributed by atoms with Gasteiger partial charge in [-0.05, 0) is 24.4 Å². The van der Waals surface area contributed by atoms with Gasteiger partial charge >= 0.3 is 19.4 Å². The van der Waals surface area contributed by atoms with Crippen LogP contribution < -0.4 is 21.0 Å². The van der Waals surface area contributed by atoms with E-state index in [9.17, 15) is 28.8 Å². The zero-order valence-corrected chi connectivity index (χ0v) is 20.6. The Labute approximate surface area is 209 Å². The van der Waals surface area contributed by atoms with Gasteiger partial charge in [-0.15, -0.1) is 11.8 Å². The Morgan fingerprint density at radius 1 is 1.31 bits per heavy atom. The van der Waals surface area contributed by atoms with Crippen molar-refractivity contribution in [2.24, 2.45) is 0 Å². The second-order valence-corrected chi connectivity index (χ2v) is 11.1. The number of alkyl halides is 1. The van der Waals surface area contributed by atoms with E-state index in [1.165, 1.54) is 19.2 Å². The molecule has 0 aliphatic carbocycles. The number of nitrogens with zero attached hydrogens (tertiary/aromatic N) is 2. The van der Waals surface area contributed by atoms with Crippen LogP contribution in [-0.4, -0.2) is 55.9 Å². The predicted molar refractivity (Wildman–Crippen MR) is 133 cm³/mol. The minimum atomic E-state index is -4.34. The highest BCUT2D eigenvalue weighted by Crippen LogP contribution is 2.49. The molecule has 2 heterocycles. The number of anilines is 1. The van der Waals surface area contributed by atoms with Gasteiger partial charge in [0.05, 0.1) is 11.9 Å². The van der Waals surface area contributed by atoms with Gasteiger partial charge in [-0.25, -0.2) is 13.8 Å². The Bertz CT molecular complexity index is 1370. The molecule has 11 nitrogen and oxygen atoms in total. The minimum absolute atomic E-state index is 0.0276. The first kappa shape index (κ1) is 26.1. The van der Waals surface area contributed by atoms with Crippen LogP contribution in [0.15, 0.2) is 59.5 Å². The number of carbonyl (C=O) groups is 1. The Balaban J connectivity index is 1.56. The Morgan fingerprint density at radius 3 is 2.75 bits per heavy atom. The summed E-state index contributed by atoms with van der Waals surface area (Å²) in [5.74, 6) is -1.14. The van der Waals surface area contributed by atoms with Gasteiger partial charge in [0.1, 0.15) is 29.1 Å². The summed E-state index contributed by atoms with van der Waals surface area (Å²) < 4.78 is 40.8. The van der Waals surface area contributed by atoms with Crippen LogP contribution in [0.2, 0.25) is 0 Å². The van der Waals surface area contributed by atoms with E-state index < -0.39 is 55.0 Å². The molecule has 36 heavy (non-hydrogen) atoms. The third-order valence-electron chi connectivity index (χ3n) is 5.52. The number of hydrogen-bond acceptors (Lipinski definition) is 9. The van der Waals surface area contributed by atoms with Crippen LogP contribution in [0.5, 0.6) is 5.75 Å². The fourth-order valence-corrected chi connectivity index (χ4v) is 6.70. The number of halogens is 1. The lowest BCUT2D eigenvalue weighted by atomic mass is 10.1. The summed E-state index contributed by atoms with van der Waals surface area (Å²) in [5, 5.41) is 21.4. The van der Waals surface area contributed by atoms with Crippen molar-refractivity contribution in [1.29, 1.82) is 0 Å². The number of aliphatic hydroxyl groups is 1. The number of aliphatic carboxylic acids is 1. The standard InChI is InChI=1S/C22H24FN4O7PS/c1-12(21(29)30)26-35(32,34-15-8-4-6-13-5-2-3-7-14(13)15)33-11-16-19(28)18(23)20(36-16)27-10-9-17(24)25-22(27)31/h2-10,12,16,18-20,28H,11H2,1H3,(H,26,32)(H,29,30)(H2,24,25,31)/t12?,16-,18+,19-,20-,35?/m1/s1. The molecule has 6 atom stereocenters. The van der Waals surface area contributed by atoms with Crippen molar-refractivity contribution < 1.29 is 33.0 Å². The third kappa shape index (κ3) is 5.55. The zero-order valence-electron chi connectivity index (χ0n) is 18.9. The molecule has 0 bridgehead atoms. The number of aromatic nitrogens is 2. The first-order valence-corrected chi connectivity index (χ1v) is 13.3. The smallest absolute Gasteiger partial charge is 0.459 e. The fourth-order valence-electron chi connectivity index (χ4n) is 3.64. The second kappa shape index (κ2) is 10.6. The molecule has 0 saturated carbocycles. The van der Waals surface area contributed by atoms with Crippen LogP contribution in [0.1, 0.15) is 12.3 Å². The van der Waals surface area contributed by atoms with Gasteiger partial charge < -0.3 is 20.5 Å². The molecule has 4 rings (SSSR count). The zero-order chi connectivity index (χ0) is 26.0. The summed E-state index contributed by atoms with van der Waals surface area (Å²) in [5.41, 5.74) is 4.70. The average molecular weight is 538 g/mol. The van der Waals surface area contributed by atoms with E-state index in [4.69, 9.17) is 14.8 Å². The molecule has 0 spiro atoms. The van der Waals surface area contributed by atoms with Crippen LogP contribution in [0.25, 0.3) is 10.8 Å². The first-order chi connectivity index (χ1) is 17.1. The molecule has 3 aromatic rings. The van der Waals surface area contributed by atoms with E-state index in [1.807, 2.05) is 18.2 Å². The molecule has 1 aliphatic rings. The molecule has 1 saturated heterocycles. The maximum absolute atomic E-state index is 14.9. The van der Waals surface area contributed by atoms with E-state index in [0.717, 1.165) is 21.7 Å². The summed E-state index contributed by atoms with van der Waals surface area (Å²) in [4.78, 5) is 27.1. The van der Waals surface area contributed by atoms with Gasteiger partial charge in [-0.1, -0.05) is 36.4 Å². The normalized spacial score (nSPS) is 24.3. The number of nitrogens with one attached hydrogen (secondary N) is 1. The van der Waals surface area contributed by atoms with E-state index in [1.54, 1.807) is 24.3 Å². The molecule has 5 N–H and O–H groups in total. The Hall–Kier alpha value is -2.96. The summed E-state index contributed by atoms with van der Waals surface area (Å²) >= 11 is 0.886. The second-order valence-electron chi connectivity index (χ2n) is 8.09. The topological polar surface area (TPSA) is 166 Å². The number of hydrogen-bond donors (Lipinski definition) is 4. The van der Waals surface area contributed by atoms with Crippen molar-refractivity contribution in [1.82, 2.24) is 14.6 Å². The summed E-state index contributed by atoms with van der Waals surface area (Å²) in [6, 6.07) is 12.2. The van der Waals surface area contributed by atoms with Gasteiger partial charge in [0.25, 0.3) is 0 Å². The maximum atomic E-state index is 14.9. The molecule has 1 aliphatic heterocycles. The molecule has 2 aromatic carbocycles. The number of nitrogens with two attached hydrogens (primary N) is 1. The molecule has 1 aromatic heterocycles. The SMILES string of the molecule is CC(NP(=O)(OC[C@H]1S[C@@H](n2ccc(N)nc2=O)[C@@H](F)[C@@H]1O)Oc1cccc2ccccc12)C(=O)O. The van der Waals surface area contributed by atoms with E-state index >= 15 is 0 Å². The molecule has 0 amide bonds. The number of rotatable bonds is 9. The van der Waals surface area contributed by atoms with E-state index in [2.05, 4.69) is 10.1 Å². The van der Waals surface area contributed by atoms with Crippen molar-refractivity contribution in [2.75, 3.05) is 12.3 Å². The Morgan fingerprint density at radius 2 is 2.03 bits per heavy atom. The van der Waals surface area contributed by atoms with Gasteiger partial charge in [0.2, 0.25) is 0 Å². The van der Waals surface area contributed by atoms with Crippen LogP contribution in [-0.2, 0) is 13.9 Å². The third-order valence-corrected chi connectivity index (χ3v) is 8.68. The number of carboxylic acids is 1. The van der Waals surface area contributed by atoms with E-state index in [-0.39, 0.29) is 11.6 Å². The number of aliphatic hydroxyl groups excluding tert-OH is 1. The van der Waals surface area contributed by atoms with Gasteiger partial charge in [-0.3, -0.25) is 13.9 Å². The van der Waals surface area contributed by atoms with Crippen LogP contribution >= 0.6 is 19.5 Å². The number of fused-ring (bicyclic) bond motifs is 1. The van der Waals surface area contributed by atoms with Gasteiger partial charge in [0.15, 0.2) is 6.17 Å². The molecule has 0 radical (unpaired) electrons. The molecular formula is C22H24FN4O7PS. The highest BCUT2D eigenvalue weighted by Gasteiger charge is 2.46. The van der Waals surface area contributed by atoms with Crippen molar-refractivity contribution in [2.45, 2.75) is 35.9 Å². The predicted octanol–water partition coefficient (Wildman–Crippen LogP) is 2.56. The number of carboxylic acid groups (broad SMARTS) is 1. The lowest BCUT2D eigenvalue weighted by molar-refractivity contribution is -0.138. The molecule has 14 heteroatoms. The van der Waals surface area contributed by atoms with E-state index in [0.29, 0.717) is 5.39 Å². The van der Waals surface area contributed by atoms with Crippen LogP contribution in [0.3, 0.4) is 0 Å². The first-order valence-electron chi connectivity index (χ1n) is 10.8. The Kier molecular flexibility index (Phi) is 7.67. The van der Waals surface area contributed by atoms with Crippen molar-refractivity contribution in [3.8, 4) is 5.75 Å². The molecule has 1 fully saturated rings. The lowest BCUT2D eigenvalue weighted by Crippen LogP contribution is -2.36. The fraction of sp³-hybridized carbons (Fsp3) is 0.318. The van der Waals surface area contributed by atoms with Crippen molar-refractivity contribution >= 4 is 42.1 Å². The van der Waals surface area contributed by atoms with Gasteiger partial charge in [-0.2, -0.15) is 10.1 Å². The highest BCUT2D eigenvalue weighted by atomic mass is 32.2. The molecular weight excluding hydrogens is 514 g/mol. The van der Waals surface area contributed by atoms with Crippen LogP contribution in [0.4, 0.5) is 10.2 Å². The summed E-state index contributed by atoms with van der Waals surface area (Å²) in [6.07, 6.45) is -2.17. The minimum Gasteiger partial charge on any atom is -0.480 e. The summed E-state index contributed by atoms with van der Waals surface area (Å²) in [7, 11) is -4.34. The number of nitrogen functional groups attached to an aromatic ring is 1. The van der Waals surface area contributed by atoms with Crippen molar-refractivity contribution in [3.63, 3.8) is 0 Å². The molecule has 2 unspecified atom stereocenters. The highest BCUT2D eigenvalue weighted by molar-refractivity contribution is 8.00. The van der Waals surface area contributed by atoms with Crippen molar-refractivity contribution in [3.05, 3.63) is 65.2 Å². The quantitative estimate of drug-likeness (QED) is 0.296. The lowest BCUT2D eigenvalue weighted by Gasteiger charge is -2.24. The van der Waals surface area contributed by atoms with Gasteiger partial charge in [0, 0.05) is 11.6 Å². The number of thioether (sulfide) groups is 1. The largest absolute Gasteiger partial charge is 0.480 e.